The van der Waals surface area contributed by atoms with Crippen molar-refractivity contribution in [2.24, 2.45) is 7.05 Å². The first-order valence-electron chi connectivity index (χ1n) is 9.70. The van der Waals surface area contributed by atoms with Gasteiger partial charge in [-0.15, -0.1) is 0 Å². The summed E-state index contributed by atoms with van der Waals surface area (Å²) in [5, 5.41) is 0. The summed E-state index contributed by atoms with van der Waals surface area (Å²) in [6, 6.07) is 6.46. The highest BCUT2D eigenvalue weighted by molar-refractivity contribution is 6.07. The maximum atomic E-state index is 13.4. The number of nitrogens with zero attached hydrogens (tertiary/aromatic N) is 2. The molecule has 1 aromatic carbocycles. The molecule has 0 aliphatic carbocycles. The van der Waals surface area contributed by atoms with Gasteiger partial charge in [0.05, 0.1) is 13.2 Å². The second-order valence-electron chi connectivity index (χ2n) is 7.70. The minimum atomic E-state index is -0.686. The van der Waals surface area contributed by atoms with Crippen LogP contribution in [0.4, 0.5) is 0 Å². The molecule has 2 rings (SSSR count). The van der Waals surface area contributed by atoms with Gasteiger partial charge in [0.1, 0.15) is 5.69 Å². The van der Waals surface area contributed by atoms with E-state index in [-0.39, 0.29) is 17.7 Å². The number of rotatable bonds is 6. The number of carbonyl (C=O) groups is 3. The van der Waals surface area contributed by atoms with E-state index in [1.165, 1.54) is 7.11 Å². The van der Waals surface area contributed by atoms with Gasteiger partial charge in [-0.25, -0.2) is 4.79 Å². The molecule has 156 valence electrons. The molecular formula is C23H30N2O4. The van der Waals surface area contributed by atoms with Gasteiger partial charge >= 0.3 is 5.97 Å². The average molecular weight is 399 g/mol. The molecule has 6 heteroatoms. The van der Waals surface area contributed by atoms with E-state index in [2.05, 4.69) is 0 Å². The van der Waals surface area contributed by atoms with E-state index in [4.69, 9.17) is 4.74 Å². The highest BCUT2D eigenvalue weighted by atomic mass is 16.5. The molecule has 0 saturated heterocycles. The fourth-order valence-corrected chi connectivity index (χ4v) is 3.76. The summed E-state index contributed by atoms with van der Waals surface area (Å²) in [5.74, 6) is -0.878. The van der Waals surface area contributed by atoms with Crippen LogP contribution in [0.3, 0.4) is 0 Å². The molecule has 0 N–H and O–H groups in total. The van der Waals surface area contributed by atoms with Crippen LogP contribution in [0, 0.1) is 20.8 Å². The maximum Gasteiger partial charge on any atom is 0.354 e. The van der Waals surface area contributed by atoms with Crippen molar-refractivity contribution in [1.29, 1.82) is 0 Å². The Bertz CT molecular complexity index is 939. The molecule has 6 nitrogen and oxygen atoms in total. The molecule has 0 radical (unpaired) electrons. The Morgan fingerprint density at radius 2 is 1.55 bits per heavy atom. The van der Waals surface area contributed by atoms with Crippen LogP contribution >= 0.6 is 0 Å². The highest BCUT2D eigenvalue weighted by Crippen LogP contribution is 2.25. The van der Waals surface area contributed by atoms with E-state index in [0.29, 0.717) is 28.1 Å². The predicted octanol–water partition coefficient (Wildman–Crippen LogP) is 3.86. The van der Waals surface area contributed by atoms with Crippen LogP contribution in [0.5, 0.6) is 0 Å². The lowest BCUT2D eigenvalue weighted by molar-refractivity contribution is 0.0565. The van der Waals surface area contributed by atoms with Crippen molar-refractivity contribution in [2.75, 3.05) is 7.11 Å². The van der Waals surface area contributed by atoms with Crippen LogP contribution in [0.1, 0.15) is 68.8 Å². The minimum absolute atomic E-state index is 0.174. The monoisotopic (exact) mass is 398 g/mol. The quantitative estimate of drug-likeness (QED) is 0.547. The lowest BCUT2D eigenvalue weighted by Gasteiger charge is -2.32. The fraction of sp³-hybridized carbons (Fsp3) is 0.435. The minimum Gasteiger partial charge on any atom is -0.464 e. The van der Waals surface area contributed by atoms with E-state index >= 15 is 0 Å². The Labute approximate surface area is 172 Å². The van der Waals surface area contributed by atoms with Gasteiger partial charge in [0.15, 0.2) is 5.78 Å². The zero-order chi connectivity index (χ0) is 22.0. The normalized spacial score (nSPS) is 12.0. The van der Waals surface area contributed by atoms with Gasteiger partial charge in [-0.1, -0.05) is 17.7 Å². The molecule has 0 bridgehead atoms. The lowest BCUT2D eigenvalue weighted by atomic mass is 9.98. The van der Waals surface area contributed by atoms with Gasteiger partial charge in [0, 0.05) is 29.9 Å². The van der Waals surface area contributed by atoms with Crippen molar-refractivity contribution in [2.45, 2.75) is 53.6 Å². The van der Waals surface area contributed by atoms with Crippen molar-refractivity contribution in [3.05, 3.63) is 57.9 Å². The topological polar surface area (TPSA) is 68.6 Å². The van der Waals surface area contributed by atoms with Gasteiger partial charge in [-0.2, -0.15) is 0 Å². The summed E-state index contributed by atoms with van der Waals surface area (Å²) in [4.78, 5) is 40.4. The van der Waals surface area contributed by atoms with Crippen molar-refractivity contribution in [1.82, 2.24) is 9.47 Å². The number of aryl methyl sites for hydroxylation is 1. The predicted molar refractivity (Wildman–Crippen MR) is 113 cm³/mol. The van der Waals surface area contributed by atoms with Crippen molar-refractivity contribution < 1.29 is 19.1 Å². The Hall–Kier alpha value is -2.89. The SMILES string of the molecule is COC(=O)c1c(C)c(C(=O)C(C)N(C(=O)c2ccc(C)cc2)C(C)C)c(C)n1C. The Kier molecular flexibility index (Phi) is 6.67. The number of ether oxygens (including phenoxy) is 1. The first kappa shape index (κ1) is 22.4. The Morgan fingerprint density at radius 1 is 1.00 bits per heavy atom. The molecule has 0 saturated carbocycles. The molecule has 0 spiro atoms. The number of esters is 1. The van der Waals surface area contributed by atoms with E-state index in [0.717, 1.165) is 5.56 Å². The smallest absolute Gasteiger partial charge is 0.354 e. The summed E-state index contributed by atoms with van der Waals surface area (Å²) in [5.41, 5.74) is 3.66. The van der Waals surface area contributed by atoms with Crippen LogP contribution in [0.2, 0.25) is 0 Å². The van der Waals surface area contributed by atoms with Gasteiger partial charge in [0.25, 0.3) is 5.91 Å². The van der Waals surface area contributed by atoms with Crippen molar-refractivity contribution in [3.63, 3.8) is 0 Å². The summed E-state index contributed by atoms with van der Waals surface area (Å²) < 4.78 is 6.53. The fourth-order valence-electron chi connectivity index (χ4n) is 3.76. The van der Waals surface area contributed by atoms with Crippen molar-refractivity contribution in [3.8, 4) is 0 Å². The molecule has 1 atom stereocenters. The number of benzene rings is 1. The summed E-state index contributed by atoms with van der Waals surface area (Å²) in [6.45, 7) is 11.0. The molecule has 1 aromatic heterocycles. The third kappa shape index (κ3) is 4.11. The molecule has 1 unspecified atom stereocenters. The number of amides is 1. The molecule has 2 aromatic rings. The van der Waals surface area contributed by atoms with Crippen LogP contribution in [0.25, 0.3) is 0 Å². The van der Waals surface area contributed by atoms with Crippen molar-refractivity contribution >= 4 is 17.7 Å². The molecule has 1 heterocycles. The molecular weight excluding hydrogens is 368 g/mol. The number of ketones is 1. The standard InChI is InChI=1S/C23H30N2O4/c1-13(2)25(22(27)18-11-9-14(3)10-12-18)17(6)21(26)19-15(4)20(23(28)29-8)24(7)16(19)5/h9-13,17H,1-8H3. The number of hydrogen-bond acceptors (Lipinski definition) is 4. The molecule has 1 amide bonds. The van der Waals surface area contributed by atoms with Gasteiger partial charge in [-0.3, -0.25) is 9.59 Å². The maximum absolute atomic E-state index is 13.4. The second-order valence-corrected chi connectivity index (χ2v) is 7.70. The van der Waals surface area contributed by atoms with Crippen LogP contribution in [-0.2, 0) is 11.8 Å². The molecule has 29 heavy (non-hydrogen) atoms. The largest absolute Gasteiger partial charge is 0.464 e. The van der Waals surface area contributed by atoms with E-state index in [1.807, 2.05) is 32.9 Å². The summed E-state index contributed by atoms with van der Waals surface area (Å²) in [6.07, 6.45) is 0. The number of methoxy groups -OCH3 is 1. The van der Waals surface area contributed by atoms with Gasteiger partial charge < -0.3 is 14.2 Å². The zero-order valence-electron chi connectivity index (χ0n) is 18.5. The number of Topliss-reactive ketones (excluding diaryl/α,β-unsaturated/α-hetero) is 1. The number of aromatic nitrogens is 1. The van der Waals surface area contributed by atoms with Gasteiger partial charge in [-0.05, 0) is 59.2 Å². The molecule has 0 fully saturated rings. The Morgan fingerprint density at radius 3 is 2.03 bits per heavy atom. The molecule has 0 aliphatic rings. The van der Waals surface area contributed by atoms with Gasteiger partial charge in [0.2, 0.25) is 0 Å². The summed E-state index contributed by atoms with van der Waals surface area (Å²) >= 11 is 0. The van der Waals surface area contributed by atoms with E-state index in [1.54, 1.807) is 49.4 Å². The molecule has 0 aliphatic heterocycles. The lowest BCUT2D eigenvalue weighted by Crippen LogP contribution is -2.47. The first-order valence-corrected chi connectivity index (χ1v) is 9.70. The van der Waals surface area contributed by atoms with E-state index < -0.39 is 12.0 Å². The number of hydrogen-bond donors (Lipinski definition) is 0. The number of carbonyl (C=O) groups excluding carboxylic acids is 3. The van der Waals surface area contributed by atoms with Crippen LogP contribution in [-0.4, -0.2) is 46.3 Å². The average Bonchev–Trinajstić information content (AvgIpc) is 2.89. The third-order valence-corrected chi connectivity index (χ3v) is 5.44. The third-order valence-electron chi connectivity index (χ3n) is 5.44. The zero-order valence-corrected chi connectivity index (χ0v) is 18.5. The second kappa shape index (κ2) is 8.64. The van der Waals surface area contributed by atoms with Crippen LogP contribution in [0.15, 0.2) is 24.3 Å². The van der Waals surface area contributed by atoms with Crippen LogP contribution < -0.4 is 0 Å². The highest BCUT2D eigenvalue weighted by Gasteiger charge is 2.33. The Balaban J connectivity index is 2.47. The van der Waals surface area contributed by atoms with E-state index in [9.17, 15) is 14.4 Å². The first-order chi connectivity index (χ1) is 13.5. The summed E-state index contributed by atoms with van der Waals surface area (Å²) in [7, 11) is 3.04.